The van der Waals surface area contributed by atoms with E-state index in [1.165, 1.54) is 0 Å². The Morgan fingerprint density at radius 1 is 1.09 bits per heavy atom. The normalized spacial score (nSPS) is 12.1. The lowest BCUT2D eigenvalue weighted by atomic mass is 10.1. The molecule has 3 rings (SSSR count). The third-order valence-corrected chi connectivity index (χ3v) is 3.60. The molecule has 0 aliphatic carbocycles. The van der Waals surface area contributed by atoms with Crippen molar-refractivity contribution in [3.8, 4) is 5.75 Å². The number of rotatable bonds is 6. The van der Waals surface area contributed by atoms with E-state index >= 15 is 0 Å². The van der Waals surface area contributed by atoms with Crippen molar-refractivity contribution >= 4 is 0 Å². The van der Waals surface area contributed by atoms with Gasteiger partial charge in [0.1, 0.15) is 5.75 Å². The molecule has 0 saturated heterocycles. The van der Waals surface area contributed by atoms with Gasteiger partial charge >= 0.3 is 0 Å². The molecule has 0 bridgehead atoms. The van der Waals surface area contributed by atoms with Gasteiger partial charge in [-0.25, -0.2) is 0 Å². The lowest BCUT2D eigenvalue weighted by molar-refractivity contribution is 0.350. The van der Waals surface area contributed by atoms with E-state index in [1.807, 2.05) is 54.6 Å². The summed E-state index contributed by atoms with van der Waals surface area (Å²) >= 11 is 0. The molecule has 5 nitrogen and oxygen atoms in total. The van der Waals surface area contributed by atoms with Gasteiger partial charge in [0, 0.05) is 6.42 Å². The highest BCUT2D eigenvalue weighted by Gasteiger charge is 2.15. The van der Waals surface area contributed by atoms with Gasteiger partial charge in [0.25, 0.3) is 0 Å². The summed E-state index contributed by atoms with van der Waals surface area (Å²) in [7, 11) is 1.65. The second kappa shape index (κ2) is 7.07. The van der Waals surface area contributed by atoms with Crippen molar-refractivity contribution < 1.29 is 9.26 Å². The average molecular weight is 309 g/mol. The maximum atomic E-state index is 6.16. The molecule has 5 heteroatoms. The van der Waals surface area contributed by atoms with Crippen molar-refractivity contribution in [1.82, 2.24) is 10.1 Å². The second-order valence-corrected chi connectivity index (χ2v) is 5.37. The lowest BCUT2D eigenvalue weighted by Gasteiger charge is -2.06. The topological polar surface area (TPSA) is 74.2 Å². The van der Waals surface area contributed by atoms with Crippen LogP contribution in [0.25, 0.3) is 0 Å². The van der Waals surface area contributed by atoms with Crippen molar-refractivity contribution in [2.24, 2.45) is 5.73 Å². The van der Waals surface area contributed by atoms with Crippen LogP contribution in [0, 0.1) is 0 Å². The zero-order valence-electron chi connectivity index (χ0n) is 13.0. The van der Waals surface area contributed by atoms with E-state index < -0.39 is 0 Å². The van der Waals surface area contributed by atoms with E-state index in [9.17, 15) is 0 Å². The molecule has 23 heavy (non-hydrogen) atoms. The van der Waals surface area contributed by atoms with Crippen molar-refractivity contribution in [2.45, 2.75) is 18.9 Å². The fourth-order valence-electron chi connectivity index (χ4n) is 2.41. The maximum Gasteiger partial charge on any atom is 0.243 e. The lowest BCUT2D eigenvalue weighted by Crippen LogP contribution is -2.13. The van der Waals surface area contributed by atoms with Gasteiger partial charge in [0.05, 0.1) is 13.2 Å². The number of benzene rings is 2. The number of hydrogen-bond acceptors (Lipinski definition) is 5. The Hall–Kier alpha value is -2.66. The first kappa shape index (κ1) is 15.2. The molecule has 0 aliphatic heterocycles. The fourth-order valence-corrected chi connectivity index (χ4v) is 2.41. The minimum atomic E-state index is -0.302. The molecule has 1 heterocycles. The van der Waals surface area contributed by atoms with Crippen LogP contribution in [-0.4, -0.2) is 17.3 Å². The summed E-state index contributed by atoms with van der Waals surface area (Å²) in [6.07, 6.45) is 1.25. The molecule has 1 atom stereocenters. The Morgan fingerprint density at radius 3 is 2.65 bits per heavy atom. The zero-order valence-corrected chi connectivity index (χ0v) is 13.0. The summed E-state index contributed by atoms with van der Waals surface area (Å²) in [5.74, 6) is 1.90. The highest BCUT2D eigenvalue weighted by molar-refractivity contribution is 5.30. The first-order valence-electron chi connectivity index (χ1n) is 7.49. The van der Waals surface area contributed by atoms with E-state index in [2.05, 4.69) is 10.1 Å². The maximum absolute atomic E-state index is 6.16. The van der Waals surface area contributed by atoms with Gasteiger partial charge in [-0.15, -0.1) is 0 Å². The molecular formula is C18H19N3O2. The van der Waals surface area contributed by atoms with Crippen LogP contribution < -0.4 is 10.5 Å². The molecule has 0 fully saturated rings. The van der Waals surface area contributed by atoms with Crippen LogP contribution >= 0.6 is 0 Å². The molecule has 1 aromatic heterocycles. The predicted molar refractivity (Wildman–Crippen MR) is 87.2 cm³/mol. The average Bonchev–Trinajstić information content (AvgIpc) is 3.04. The summed E-state index contributed by atoms with van der Waals surface area (Å²) in [4.78, 5) is 4.41. The van der Waals surface area contributed by atoms with Crippen molar-refractivity contribution in [1.29, 1.82) is 0 Å². The number of nitrogens with zero attached hydrogens (tertiary/aromatic N) is 2. The van der Waals surface area contributed by atoms with Crippen molar-refractivity contribution in [3.63, 3.8) is 0 Å². The third kappa shape index (κ3) is 3.96. The Kier molecular flexibility index (Phi) is 4.68. The molecule has 0 radical (unpaired) electrons. The van der Waals surface area contributed by atoms with Gasteiger partial charge < -0.3 is 15.0 Å². The first-order chi connectivity index (χ1) is 11.2. The Balaban J connectivity index is 1.67. The van der Waals surface area contributed by atoms with Gasteiger partial charge in [-0.1, -0.05) is 47.6 Å². The zero-order chi connectivity index (χ0) is 16.1. The quantitative estimate of drug-likeness (QED) is 0.758. The molecule has 3 aromatic rings. The van der Waals surface area contributed by atoms with E-state index in [1.54, 1.807) is 7.11 Å². The van der Waals surface area contributed by atoms with E-state index in [0.717, 1.165) is 16.9 Å². The molecular weight excluding hydrogens is 290 g/mol. The van der Waals surface area contributed by atoms with Gasteiger partial charge in [0.2, 0.25) is 5.89 Å². The summed E-state index contributed by atoms with van der Waals surface area (Å²) in [5, 5.41) is 4.02. The summed E-state index contributed by atoms with van der Waals surface area (Å²) in [5.41, 5.74) is 8.37. The summed E-state index contributed by atoms with van der Waals surface area (Å²) in [6.45, 7) is 0. The Labute approximate surface area is 135 Å². The van der Waals surface area contributed by atoms with Crippen LogP contribution in [0.1, 0.15) is 28.9 Å². The Bertz CT molecular complexity index is 756. The molecule has 118 valence electrons. The van der Waals surface area contributed by atoms with Gasteiger partial charge in [-0.2, -0.15) is 4.98 Å². The minimum absolute atomic E-state index is 0.302. The van der Waals surface area contributed by atoms with Crippen LogP contribution in [0.3, 0.4) is 0 Å². The molecule has 2 aromatic carbocycles. The monoisotopic (exact) mass is 309 g/mol. The van der Waals surface area contributed by atoms with Crippen LogP contribution in [-0.2, 0) is 12.8 Å². The smallest absolute Gasteiger partial charge is 0.243 e. The largest absolute Gasteiger partial charge is 0.497 e. The number of hydrogen-bond donors (Lipinski definition) is 1. The fraction of sp³-hybridized carbons (Fsp3) is 0.222. The molecule has 0 aliphatic rings. The SMILES string of the molecule is COc1cccc(Cc2noc([C@@H](N)Cc3ccccc3)n2)c1. The van der Waals surface area contributed by atoms with E-state index in [4.69, 9.17) is 15.0 Å². The van der Waals surface area contributed by atoms with Gasteiger partial charge in [-0.05, 0) is 29.7 Å². The first-order valence-corrected chi connectivity index (χ1v) is 7.49. The highest BCUT2D eigenvalue weighted by Crippen LogP contribution is 2.17. The molecule has 2 N–H and O–H groups in total. The van der Waals surface area contributed by atoms with E-state index in [0.29, 0.717) is 24.6 Å². The number of ether oxygens (including phenoxy) is 1. The van der Waals surface area contributed by atoms with Crippen LogP contribution in [0.2, 0.25) is 0 Å². The van der Waals surface area contributed by atoms with E-state index in [-0.39, 0.29) is 6.04 Å². The predicted octanol–water partition coefficient (Wildman–Crippen LogP) is 2.91. The summed E-state index contributed by atoms with van der Waals surface area (Å²) < 4.78 is 10.5. The van der Waals surface area contributed by atoms with Crippen LogP contribution in [0.15, 0.2) is 59.1 Å². The Morgan fingerprint density at radius 2 is 1.87 bits per heavy atom. The summed E-state index contributed by atoms with van der Waals surface area (Å²) in [6, 6.07) is 17.5. The number of aromatic nitrogens is 2. The molecule has 0 amide bonds. The molecule has 0 spiro atoms. The number of methoxy groups -OCH3 is 1. The van der Waals surface area contributed by atoms with Crippen LogP contribution in [0.5, 0.6) is 5.75 Å². The van der Waals surface area contributed by atoms with Crippen molar-refractivity contribution in [2.75, 3.05) is 7.11 Å². The van der Waals surface area contributed by atoms with Gasteiger partial charge in [-0.3, -0.25) is 0 Å². The minimum Gasteiger partial charge on any atom is -0.497 e. The molecule has 0 unspecified atom stereocenters. The highest BCUT2D eigenvalue weighted by atomic mass is 16.5. The van der Waals surface area contributed by atoms with Gasteiger partial charge in [0.15, 0.2) is 5.82 Å². The number of nitrogens with two attached hydrogens (primary N) is 1. The molecule has 0 saturated carbocycles. The second-order valence-electron chi connectivity index (χ2n) is 5.37. The van der Waals surface area contributed by atoms with Crippen molar-refractivity contribution in [3.05, 3.63) is 77.4 Å². The van der Waals surface area contributed by atoms with Crippen LogP contribution in [0.4, 0.5) is 0 Å². The standard InChI is InChI=1S/C18H19N3O2/c1-22-15-9-5-8-14(10-15)12-17-20-18(23-21-17)16(19)11-13-6-3-2-4-7-13/h2-10,16H,11-12,19H2,1H3/t16-/m0/s1. The third-order valence-electron chi connectivity index (χ3n) is 3.60.